The molecule has 2 aromatic heterocycles. The second-order valence-corrected chi connectivity index (χ2v) is 7.57. The van der Waals surface area contributed by atoms with Crippen LogP contribution in [0.5, 0.6) is 0 Å². The van der Waals surface area contributed by atoms with Gasteiger partial charge in [-0.25, -0.2) is 4.39 Å². The lowest BCUT2D eigenvalue weighted by Gasteiger charge is -2.18. The largest absolute Gasteiger partial charge is 0.368 e. The van der Waals surface area contributed by atoms with Crippen LogP contribution >= 0.6 is 0 Å². The first-order chi connectivity index (χ1) is 13.6. The van der Waals surface area contributed by atoms with Crippen LogP contribution in [0.2, 0.25) is 0 Å². The number of rotatable bonds is 3. The Morgan fingerprint density at radius 2 is 2.11 bits per heavy atom. The topological polar surface area (TPSA) is 64.2 Å². The minimum absolute atomic E-state index is 0.0297. The zero-order valence-electron chi connectivity index (χ0n) is 15.7. The summed E-state index contributed by atoms with van der Waals surface area (Å²) in [4.78, 5) is 19.2. The summed E-state index contributed by atoms with van der Waals surface area (Å²) in [6, 6.07) is 8.43. The second-order valence-electron chi connectivity index (χ2n) is 7.57. The zero-order chi connectivity index (χ0) is 19.3. The monoisotopic (exact) mass is 380 g/mol. The van der Waals surface area contributed by atoms with Gasteiger partial charge in [-0.05, 0) is 38.3 Å². The minimum Gasteiger partial charge on any atom is -0.368 e. The third kappa shape index (κ3) is 2.73. The molecule has 3 aromatic rings. The van der Waals surface area contributed by atoms with Gasteiger partial charge in [0.25, 0.3) is 0 Å². The molecular formula is C21H21FN4O2. The van der Waals surface area contributed by atoms with Crippen LogP contribution in [0, 0.1) is 12.7 Å². The van der Waals surface area contributed by atoms with Crippen LogP contribution in [-0.4, -0.2) is 27.8 Å². The molecule has 6 nitrogen and oxygen atoms in total. The summed E-state index contributed by atoms with van der Waals surface area (Å²) in [5.74, 6) is 0.695. The maximum atomic E-state index is 14.1. The van der Waals surface area contributed by atoms with Crippen molar-refractivity contribution in [2.24, 2.45) is 0 Å². The van der Waals surface area contributed by atoms with Crippen molar-refractivity contribution in [3.8, 4) is 11.4 Å². The van der Waals surface area contributed by atoms with E-state index >= 15 is 0 Å². The first-order valence-electron chi connectivity index (χ1n) is 9.68. The predicted molar refractivity (Wildman–Crippen MR) is 103 cm³/mol. The van der Waals surface area contributed by atoms with Gasteiger partial charge in [0.05, 0.1) is 17.2 Å². The number of fused-ring (bicyclic) bond motifs is 1. The second kappa shape index (κ2) is 6.58. The van der Waals surface area contributed by atoms with E-state index in [1.807, 2.05) is 17.9 Å². The van der Waals surface area contributed by atoms with E-state index in [1.165, 1.54) is 6.07 Å². The van der Waals surface area contributed by atoms with Gasteiger partial charge in [-0.3, -0.25) is 4.79 Å². The van der Waals surface area contributed by atoms with Gasteiger partial charge in [-0.2, -0.15) is 4.98 Å². The maximum absolute atomic E-state index is 14.1. The highest BCUT2D eigenvalue weighted by Gasteiger charge is 2.31. The number of nitrogens with zero attached hydrogens (tertiary/aromatic N) is 4. The normalized spacial score (nSPS) is 18.6. The van der Waals surface area contributed by atoms with Crippen molar-refractivity contribution in [1.82, 2.24) is 14.7 Å². The summed E-state index contributed by atoms with van der Waals surface area (Å²) in [7, 11) is 0. The smallest absolute Gasteiger partial charge is 0.231 e. The molecule has 1 fully saturated rings. The number of aromatic nitrogens is 3. The summed E-state index contributed by atoms with van der Waals surface area (Å²) in [5.41, 5.74) is 3.07. The third-order valence-electron chi connectivity index (χ3n) is 5.82. The Labute approximate surface area is 161 Å². The molecule has 5 rings (SSSR count). The van der Waals surface area contributed by atoms with E-state index in [-0.39, 0.29) is 17.2 Å². The van der Waals surface area contributed by atoms with Crippen LogP contribution in [0.1, 0.15) is 36.0 Å². The lowest BCUT2D eigenvalue weighted by molar-refractivity contribution is 0.360. The van der Waals surface area contributed by atoms with Crippen molar-refractivity contribution < 1.29 is 8.91 Å². The van der Waals surface area contributed by atoms with Crippen LogP contribution in [0.3, 0.4) is 0 Å². The molecule has 0 amide bonds. The first kappa shape index (κ1) is 17.2. The fourth-order valence-corrected chi connectivity index (χ4v) is 4.44. The van der Waals surface area contributed by atoms with Gasteiger partial charge in [-0.1, -0.05) is 17.3 Å². The van der Waals surface area contributed by atoms with Crippen molar-refractivity contribution in [3.05, 3.63) is 63.7 Å². The Balaban J connectivity index is 1.44. The maximum Gasteiger partial charge on any atom is 0.231 e. The first-order valence-corrected chi connectivity index (χ1v) is 9.68. The van der Waals surface area contributed by atoms with Crippen LogP contribution in [-0.2, 0) is 13.0 Å². The van der Waals surface area contributed by atoms with Gasteiger partial charge in [0, 0.05) is 37.1 Å². The number of pyridine rings is 1. The number of aryl methyl sites for hydroxylation is 1. The molecule has 1 unspecified atom stereocenters. The van der Waals surface area contributed by atoms with Gasteiger partial charge in [0.1, 0.15) is 5.82 Å². The Bertz CT molecular complexity index is 1100. The summed E-state index contributed by atoms with van der Waals surface area (Å²) < 4.78 is 21.8. The van der Waals surface area contributed by atoms with E-state index in [1.54, 1.807) is 18.2 Å². The van der Waals surface area contributed by atoms with Gasteiger partial charge >= 0.3 is 0 Å². The summed E-state index contributed by atoms with van der Waals surface area (Å²) in [5, 5.41) is 4.12. The van der Waals surface area contributed by atoms with E-state index in [2.05, 4.69) is 14.7 Å². The van der Waals surface area contributed by atoms with Crippen molar-refractivity contribution >= 4 is 5.69 Å². The number of halogens is 1. The van der Waals surface area contributed by atoms with Crippen molar-refractivity contribution in [2.45, 2.75) is 38.6 Å². The number of hydrogen-bond donors (Lipinski definition) is 0. The minimum atomic E-state index is -0.224. The average molecular weight is 380 g/mol. The van der Waals surface area contributed by atoms with Crippen LogP contribution in [0.15, 0.2) is 39.6 Å². The standard InChI is InChI=1S/C21H21FN4O2/c1-13-11-18(27)19(17-7-4-9-26(13)17)20-23-21(28-24-20)14-8-10-25(12-14)16-6-3-2-5-15(16)22/h2-3,5-6,11,14H,4,7-10,12H2,1H3. The van der Waals surface area contributed by atoms with Gasteiger partial charge in [-0.15, -0.1) is 0 Å². The lowest BCUT2D eigenvalue weighted by Crippen LogP contribution is -2.20. The van der Waals surface area contributed by atoms with E-state index in [0.717, 1.165) is 43.7 Å². The fourth-order valence-electron chi connectivity index (χ4n) is 4.44. The van der Waals surface area contributed by atoms with Crippen molar-refractivity contribution in [2.75, 3.05) is 18.0 Å². The number of para-hydroxylation sites is 1. The van der Waals surface area contributed by atoms with E-state index in [9.17, 15) is 9.18 Å². The Morgan fingerprint density at radius 1 is 1.25 bits per heavy atom. The van der Waals surface area contributed by atoms with Crippen LogP contribution in [0.25, 0.3) is 11.4 Å². The quantitative estimate of drug-likeness (QED) is 0.698. The summed E-state index contributed by atoms with van der Waals surface area (Å²) in [6.45, 7) is 4.22. The molecule has 144 valence electrons. The third-order valence-corrected chi connectivity index (χ3v) is 5.82. The van der Waals surface area contributed by atoms with E-state index < -0.39 is 0 Å². The van der Waals surface area contributed by atoms with Crippen molar-refractivity contribution in [1.29, 1.82) is 0 Å². The molecule has 0 N–H and O–H groups in total. The molecule has 0 bridgehead atoms. The molecule has 2 aliphatic heterocycles. The predicted octanol–water partition coefficient (Wildman–Crippen LogP) is 3.29. The molecule has 4 heterocycles. The molecule has 0 spiro atoms. The molecule has 0 saturated carbocycles. The highest BCUT2D eigenvalue weighted by atomic mass is 19.1. The SMILES string of the molecule is Cc1cc(=O)c(-c2noc(C3CCN(c4ccccc4F)C3)n2)c2n1CCC2. The van der Waals surface area contributed by atoms with Gasteiger partial charge in [0.15, 0.2) is 5.43 Å². The lowest BCUT2D eigenvalue weighted by atomic mass is 10.1. The van der Waals surface area contributed by atoms with Crippen LogP contribution in [0.4, 0.5) is 10.1 Å². The highest BCUT2D eigenvalue weighted by Crippen LogP contribution is 2.32. The molecule has 0 aliphatic carbocycles. The average Bonchev–Trinajstić information content (AvgIpc) is 3.42. The Morgan fingerprint density at radius 3 is 2.96 bits per heavy atom. The number of hydrogen-bond acceptors (Lipinski definition) is 5. The van der Waals surface area contributed by atoms with Crippen molar-refractivity contribution in [3.63, 3.8) is 0 Å². The highest BCUT2D eigenvalue weighted by molar-refractivity contribution is 5.59. The summed E-state index contributed by atoms with van der Waals surface area (Å²) >= 11 is 0. The molecule has 28 heavy (non-hydrogen) atoms. The van der Waals surface area contributed by atoms with E-state index in [0.29, 0.717) is 29.5 Å². The molecule has 2 aliphatic rings. The molecule has 1 atom stereocenters. The molecule has 1 saturated heterocycles. The molecule has 1 aromatic carbocycles. The zero-order valence-corrected chi connectivity index (χ0v) is 15.7. The number of anilines is 1. The Kier molecular flexibility index (Phi) is 4.03. The fraction of sp³-hybridized carbons (Fsp3) is 0.381. The van der Waals surface area contributed by atoms with E-state index in [4.69, 9.17) is 4.52 Å². The molecule has 7 heteroatoms. The number of benzene rings is 1. The molecular weight excluding hydrogens is 359 g/mol. The Hall–Kier alpha value is -2.96. The summed E-state index contributed by atoms with van der Waals surface area (Å²) in [6.07, 6.45) is 2.67. The van der Waals surface area contributed by atoms with Gasteiger partial charge < -0.3 is 14.0 Å². The van der Waals surface area contributed by atoms with Crippen LogP contribution < -0.4 is 10.3 Å². The molecule has 0 radical (unpaired) electrons. The van der Waals surface area contributed by atoms with Gasteiger partial charge in [0.2, 0.25) is 11.7 Å².